The van der Waals surface area contributed by atoms with Gasteiger partial charge in [-0.15, -0.1) is 11.3 Å². The molecular formula is C10H7F3INOS. The van der Waals surface area contributed by atoms with Crippen molar-refractivity contribution in [3.63, 3.8) is 0 Å². The molecule has 92 valence electrons. The largest absolute Gasteiger partial charge is 0.481 e. The third-order valence-electron chi connectivity index (χ3n) is 2.04. The van der Waals surface area contributed by atoms with Gasteiger partial charge >= 0.3 is 6.18 Å². The molecule has 17 heavy (non-hydrogen) atoms. The molecule has 2 N–H and O–H groups in total. The fourth-order valence-electron chi connectivity index (χ4n) is 1.38. The van der Waals surface area contributed by atoms with Crippen molar-refractivity contribution in [2.24, 2.45) is 0 Å². The van der Waals surface area contributed by atoms with Gasteiger partial charge in [0.05, 0.1) is 4.70 Å². The molecule has 0 aliphatic rings. The molecule has 0 unspecified atom stereocenters. The van der Waals surface area contributed by atoms with E-state index in [1.54, 1.807) is 18.2 Å². The lowest BCUT2D eigenvalue weighted by atomic mass is 10.2. The molecule has 1 heterocycles. The number of nitrogen functional groups attached to an aromatic ring is 1. The highest BCUT2D eigenvalue weighted by Gasteiger charge is 2.29. The Morgan fingerprint density at radius 2 is 2.06 bits per heavy atom. The van der Waals surface area contributed by atoms with Crippen LogP contribution in [0.3, 0.4) is 0 Å². The molecule has 0 fully saturated rings. The van der Waals surface area contributed by atoms with Crippen LogP contribution in [-0.2, 0) is 0 Å². The van der Waals surface area contributed by atoms with Crippen LogP contribution in [0.5, 0.6) is 5.75 Å². The van der Waals surface area contributed by atoms with Crippen LogP contribution < -0.4 is 10.5 Å². The van der Waals surface area contributed by atoms with Gasteiger partial charge in [-0.25, -0.2) is 0 Å². The van der Waals surface area contributed by atoms with Crippen molar-refractivity contribution in [1.82, 2.24) is 0 Å². The number of nitrogens with two attached hydrogens (primary N) is 1. The summed E-state index contributed by atoms with van der Waals surface area (Å²) in [7, 11) is 0. The SMILES string of the molecule is Nc1cccc2c(OCC(F)(F)F)c(I)sc12. The van der Waals surface area contributed by atoms with Crippen molar-refractivity contribution in [2.75, 3.05) is 12.3 Å². The summed E-state index contributed by atoms with van der Waals surface area (Å²) in [6.45, 7) is -1.29. The quantitative estimate of drug-likeness (QED) is 0.638. The lowest BCUT2D eigenvalue weighted by Gasteiger charge is -2.08. The first-order valence-corrected chi connectivity index (χ1v) is 6.44. The number of thiophene rings is 1. The minimum Gasteiger partial charge on any atom is -0.481 e. The van der Waals surface area contributed by atoms with E-state index in [0.29, 0.717) is 14.0 Å². The monoisotopic (exact) mass is 373 g/mol. The Morgan fingerprint density at radius 1 is 1.35 bits per heavy atom. The first-order valence-electron chi connectivity index (χ1n) is 4.54. The van der Waals surface area contributed by atoms with Crippen molar-refractivity contribution >= 4 is 49.7 Å². The normalized spacial score (nSPS) is 12.0. The molecule has 0 bridgehead atoms. The number of benzene rings is 1. The molecule has 0 spiro atoms. The van der Waals surface area contributed by atoms with E-state index in [0.717, 1.165) is 4.70 Å². The van der Waals surface area contributed by atoms with E-state index in [1.165, 1.54) is 11.3 Å². The maximum Gasteiger partial charge on any atom is 0.422 e. The Bertz CT molecular complexity index is 552. The molecule has 0 aliphatic heterocycles. The Labute approximate surface area is 113 Å². The second kappa shape index (κ2) is 4.52. The van der Waals surface area contributed by atoms with E-state index in [2.05, 4.69) is 0 Å². The van der Waals surface area contributed by atoms with E-state index in [1.807, 2.05) is 22.6 Å². The van der Waals surface area contributed by atoms with Crippen LogP contribution in [0, 0.1) is 2.88 Å². The first-order chi connectivity index (χ1) is 7.88. The van der Waals surface area contributed by atoms with Crippen LogP contribution in [0.2, 0.25) is 0 Å². The van der Waals surface area contributed by atoms with Crippen LogP contribution in [0.1, 0.15) is 0 Å². The maximum absolute atomic E-state index is 12.1. The molecule has 2 aromatic rings. The van der Waals surface area contributed by atoms with E-state index < -0.39 is 12.8 Å². The molecule has 0 radical (unpaired) electrons. The van der Waals surface area contributed by atoms with Crippen LogP contribution in [0.15, 0.2) is 18.2 Å². The van der Waals surface area contributed by atoms with Gasteiger partial charge in [0.25, 0.3) is 0 Å². The number of halogens is 4. The number of alkyl halides is 3. The summed E-state index contributed by atoms with van der Waals surface area (Å²) in [6, 6.07) is 5.11. The molecule has 0 aliphatic carbocycles. The number of rotatable bonds is 2. The van der Waals surface area contributed by atoms with Gasteiger partial charge in [0.2, 0.25) is 0 Å². The van der Waals surface area contributed by atoms with E-state index in [9.17, 15) is 13.2 Å². The van der Waals surface area contributed by atoms with Gasteiger partial charge in [-0.2, -0.15) is 13.2 Å². The number of fused-ring (bicyclic) bond motifs is 1. The zero-order valence-corrected chi connectivity index (χ0v) is 11.3. The lowest BCUT2D eigenvalue weighted by molar-refractivity contribution is -0.153. The third kappa shape index (κ3) is 2.76. The van der Waals surface area contributed by atoms with Gasteiger partial charge in [0, 0.05) is 11.1 Å². The van der Waals surface area contributed by atoms with Crippen molar-refractivity contribution in [2.45, 2.75) is 6.18 Å². The Kier molecular flexibility index (Phi) is 3.39. The van der Waals surface area contributed by atoms with Gasteiger partial charge in [-0.05, 0) is 34.7 Å². The molecular weight excluding hydrogens is 366 g/mol. The average Bonchev–Trinajstić information content (AvgIpc) is 2.52. The highest BCUT2D eigenvalue weighted by Crippen LogP contribution is 2.41. The summed E-state index contributed by atoms with van der Waals surface area (Å²) >= 11 is 3.28. The highest BCUT2D eigenvalue weighted by atomic mass is 127. The molecule has 0 saturated carbocycles. The van der Waals surface area contributed by atoms with Crippen molar-refractivity contribution < 1.29 is 17.9 Å². The van der Waals surface area contributed by atoms with Crippen molar-refractivity contribution in [3.8, 4) is 5.75 Å². The maximum atomic E-state index is 12.1. The predicted molar refractivity (Wildman–Crippen MR) is 70.5 cm³/mol. The molecule has 0 saturated heterocycles. The molecule has 1 aromatic heterocycles. The Balaban J connectivity index is 2.40. The summed E-state index contributed by atoms with van der Waals surface area (Å²) in [5.74, 6) is 0.259. The van der Waals surface area contributed by atoms with E-state index in [4.69, 9.17) is 10.5 Å². The average molecular weight is 373 g/mol. The Morgan fingerprint density at radius 3 is 2.71 bits per heavy atom. The summed E-state index contributed by atoms with van der Waals surface area (Å²) < 4.78 is 42.6. The zero-order valence-electron chi connectivity index (χ0n) is 8.34. The van der Waals surface area contributed by atoms with Crippen LogP contribution in [0.4, 0.5) is 18.9 Å². The molecule has 2 nitrogen and oxygen atoms in total. The predicted octanol–water partition coefficient (Wildman–Crippen LogP) is 4.03. The summed E-state index contributed by atoms with van der Waals surface area (Å²) in [4.78, 5) is 0. The van der Waals surface area contributed by atoms with E-state index >= 15 is 0 Å². The number of hydrogen-bond donors (Lipinski definition) is 1. The third-order valence-corrected chi connectivity index (χ3v) is 4.22. The zero-order chi connectivity index (χ0) is 12.6. The fourth-order valence-corrected chi connectivity index (χ4v) is 3.38. The fraction of sp³-hybridized carbons (Fsp3) is 0.200. The summed E-state index contributed by atoms with van der Waals surface area (Å²) in [6.07, 6.45) is -4.34. The molecule has 2 rings (SSSR count). The summed E-state index contributed by atoms with van der Waals surface area (Å²) in [5, 5.41) is 0.628. The van der Waals surface area contributed by atoms with Gasteiger partial charge < -0.3 is 10.5 Å². The first kappa shape index (κ1) is 12.7. The molecule has 0 amide bonds. The van der Waals surface area contributed by atoms with E-state index in [-0.39, 0.29) is 5.75 Å². The van der Waals surface area contributed by atoms with Gasteiger partial charge in [0.1, 0.15) is 2.88 Å². The smallest absolute Gasteiger partial charge is 0.422 e. The second-order valence-corrected chi connectivity index (χ2v) is 6.16. The van der Waals surface area contributed by atoms with Gasteiger partial charge in [-0.3, -0.25) is 0 Å². The minimum absolute atomic E-state index is 0.259. The molecule has 1 aromatic carbocycles. The van der Waals surface area contributed by atoms with Crippen LogP contribution in [-0.4, -0.2) is 12.8 Å². The minimum atomic E-state index is -4.34. The topological polar surface area (TPSA) is 35.2 Å². The number of hydrogen-bond acceptors (Lipinski definition) is 3. The number of ether oxygens (including phenoxy) is 1. The van der Waals surface area contributed by atoms with Gasteiger partial charge in [-0.1, -0.05) is 6.07 Å². The molecule has 0 atom stereocenters. The molecule has 7 heteroatoms. The second-order valence-electron chi connectivity index (χ2n) is 3.33. The number of anilines is 1. The standard InChI is InChI=1S/C10H7F3INOS/c11-10(12,13)4-16-7-5-2-1-3-6(15)8(5)17-9(7)14/h1-3H,4,15H2. The highest BCUT2D eigenvalue weighted by molar-refractivity contribution is 14.1. The van der Waals surface area contributed by atoms with Crippen LogP contribution >= 0.6 is 33.9 Å². The Hall–Kier alpha value is -0.700. The van der Waals surface area contributed by atoms with Gasteiger partial charge in [0.15, 0.2) is 12.4 Å². The van der Waals surface area contributed by atoms with Crippen LogP contribution in [0.25, 0.3) is 10.1 Å². The van der Waals surface area contributed by atoms with Crippen molar-refractivity contribution in [1.29, 1.82) is 0 Å². The van der Waals surface area contributed by atoms with Crippen molar-refractivity contribution in [3.05, 3.63) is 21.1 Å². The lowest BCUT2D eigenvalue weighted by Crippen LogP contribution is -2.19. The summed E-state index contributed by atoms with van der Waals surface area (Å²) in [5.41, 5.74) is 6.30.